The first-order valence-corrected chi connectivity index (χ1v) is 12.0. The second-order valence-corrected chi connectivity index (χ2v) is 10.5. The zero-order valence-corrected chi connectivity index (χ0v) is 20.2. The molecule has 0 radical (unpaired) electrons. The Labute approximate surface area is 195 Å². The number of sulfonamides is 1. The average molecular weight is 490 g/mol. The monoisotopic (exact) mass is 489 g/mol. The minimum atomic E-state index is -3.97. The molecule has 0 aliphatic heterocycles. The summed E-state index contributed by atoms with van der Waals surface area (Å²) in [5.41, 5.74) is 1.58. The van der Waals surface area contributed by atoms with Crippen molar-refractivity contribution in [2.24, 2.45) is 0 Å². The molecule has 0 spiro atoms. The van der Waals surface area contributed by atoms with Crippen molar-refractivity contribution in [3.05, 3.63) is 69.1 Å². The summed E-state index contributed by atoms with van der Waals surface area (Å²) in [4.78, 5) is 13.7. The van der Waals surface area contributed by atoms with E-state index in [1.165, 1.54) is 43.7 Å². The largest absolute Gasteiger partial charge is 0.497 e. The SMILES string of the molecule is COc1ccc(N(C)S(=O)(=O)c2ccc(Cl)c(C(=O)Nc3sc(C)c(C)c3C#N)c2)cc1. The van der Waals surface area contributed by atoms with Crippen molar-refractivity contribution in [1.29, 1.82) is 5.26 Å². The molecule has 0 aliphatic carbocycles. The number of ether oxygens (including phenoxy) is 1. The molecule has 32 heavy (non-hydrogen) atoms. The third-order valence-corrected chi connectivity index (χ3v) is 8.23. The predicted octanol–water partition coefficient (Wildman–Crippen LogP) is 4.98. The lowest BCUT2D eigenvalue weighted by atomic mass is 10.1. The Hall–Kier alpha value is -3.06. The molecule has 1 N–H and O–H groups in total. The van der Waals surface area contributed by atoms with Crippen molar-refractivity contribution in [3.8, 4) is 11.8 Å². The van der Waals surface area contributed by atoms with Gasteiger partial charge in [0.25, 0.3) is 15.9 Å². The van der Waals surface area contributed by atoms with E-state index in [0.29, 0.717) is 22.0 Å². The van der Waals surface area contributed by atoms with Crippen molar-refractivity contribution in [3.63, 3.8) is 0 Å². The smallest absolute Gasteiger partial charge is 0.264 e. The lowest BCUT2D eigenvalue weighted by Crippen LogP contribution is -2.27. The molecular formula is C22H20ClN3O4S2. The van der Waals surface area contributed by atoms with Gasteiger partial charge in [0, 0.05) is 11.9 Å². The molecule has 166 valence electrons. The molecule has 1 heterocycles. The highest BCUT2D eigenvalue weighted by Crippen LogP contribution is 2.33. The van der Waals surface area contributed by atoms with Crippen LogP contribution in [0.3, 0.4) is 0 Å². The number of nitrogens with one attached hydrogen (secondary N) is 1. The molecule has 0 saturated heterocycles. The van der Waals surface area contributed by atoms with Crippen LogP contribution >= 0.6 is 22.9 Å². The zero-order valence-electron chi connectivity index (χ0n) is 17.8. The number of rotatable bonds is 6. The first kappa shape index (κ1) is 23.6. The van der Waals surface area contributed by atoms with Gasteiger partial charge in [0.2, 0.25) is 0 Å². The van der Waals surface area contributed by atoms with Gasteiger partial charge in [-0.2, -0.15) is 5.26 Å². The van der Waals surface area contributed by atoms with Gasteiger partial charge in [-0.15, -0.1) is 11.3 Å². The number of carbonyl (C=O) groups is 1. The number of anilines is 2. The number of nitrogens with zero attached hydrogens (tertiary/aromatic N) is 2. The molecule has 1 amide bonds. The number of thiophene rings is 1. The van der Waals surface area contributed by atoms with Crippen molar-refractivity contribution >= 4 is 49.6 Å². The highest BCUT2D eigenvalue weighted by atomic mass is 35.5. The minimum absolute atomic E-state index is 0.0107. The van der Waals surface area contributed by atoms with Crippen molar-refractivity contribution in [1.82, 2.24) is 0 Å². The fourth-order valence-corrected chi connectivity index (χ4v) is 5.38. The van der Waals surface area contributed by atoms with Crippen LogP contribution < -0.4 is 14.4 Å². The Bertz CT molecular complexity index is 1330. The summed E-state index contributed by atoms with van der Waals surface area (Å²) >= 11 is 7.48. The summed E-state index contributed by atoms with van der Waals surface area (Å²) in [6, 6.07) is 12.6. The van der Waals surface area contributed by atoms with Crippen LogP contribution in [0.25, 0.3) is 0 Å². The molecule has 0 atom stereocenters. The van der Waals surface area contributed by atoms with Gasteiger partial charge in [-0.3, -0.25) is 9.10 Å². The molecule has 3 aromatic rings. The predicted molar refractivity (Wildman–Crippen MR) is 126 cm³/mol. The van der Waals surface area contributed by atoms with Crippen LogP contribution in [0.15, 0.2) is 47.4 Å². The summed E-state index contributed by atoms with van der Waals surface area (Å²) in [7, 11) is -1.03. The molecule has 1 aromatic heterocycles. The molecule has 0 fully saturated rings. The van der Waals surface area contributed by atoms with E-state index < -0.39 is 15.9 Å². The third-order valence-electron chi connectivity index (χ3n) is 5.00. The van der Waals surface area contributed by atoms with E-state index in [0.717, 1.165) is 14.7 Å². The van der Waals surface area contributed by atoms with Crippen LogP contribution in [0.1, 0.15) is 26.4 Å². The van der Waals surface area contributed by atoms with Gasteiger partial charge < -0.3 is 10.1 Å². The molecule has 0 aliphatic rings. The van der Waals surface area contributed by atoms with Crippen LogP contribution in [-0.2, 0) is 10.0 Å². The Kier molecular flexibility index (Phi) is 6.79. The van der Waals surface area contributed by atoms with Gasteiger partial charge in [-0.05, 0) is 61.9 Å². The third kappa shape index (κ3) is 4.43. The number of methoxy groups -OCH3 is 1. The van der Waals surface area contributed by atoms with Gasteiger partial charge in [0.15, 0.2) is 0 Å². The summed E-state index contributed by atoms with van der Waals surface area (Å²) in [5, 5.41) is 12.6. The fourth-order valence-electron chi connectivity index (χ4n) is 2.95. The van der Waals surface area contributed by atoms with E-state index in [1.54, 1.807) is 31.2 Å². The topological polar surface area (TPSA) is 99.5 Å². The first-order valence-electron chi connectivity index (χ1n) is 9.34. The second kappa shape index (κ2) is 9.20. The number of halogens is 1. The van der Waals surface area contributed by atoms with Crippen LogP contribution in [-0.4, -0.2) is 28.5 Å². The first-order chi connectivity index (χ1) is 15.1. The van der Waals surface area contributed by atoms with Crippen LogP contribution in [0, 0.1) is 25.2 Å². The number of nitriles is 1. The Morgan fingerprint density at radius 2 is 1.84 bits per heavy atom. The van der Waals surface area contributed by atoms with E-state index in [9.17, 15) is 18.5 Å². The maximum atomic E-state index is 13.2. The van der Waals surface area contributed by atoms with Crippen molar-refractivity contribution < 1.29 is 17.9 Å². The average Bonchev–Trinajstić information content (AvgIpc) is 3.05. The highest BCUT2D eigenvalue weighted by Gasteiger charge is 2.25. The molecule has 10 heteroatoms. The summed E-state index contributed by atoms with van der Waals surface area (Å²) < 4.78 is 32.5. The van der Waals surface area contributed by atoms with Crippen LogP contribution in [0.2, 0.25) is 5.02 Å². The number of aryl methyl sites for hydroxylation is 1. The van der Waals surface area contributed by atoms with E-state index in [1.807, 2.05) is 6.92 Å². The lowest BCUT2D eigenvalue weighted by Gasteiger charge is -2.20. The molecule has 3 rings (SSSR count). The van der Waals surface area contributed by atoms with E-state index in [4.69, 9.17) is 16.3 Å². The van der Waals surface area contributed by atoms with Gasteiger partial charge in [0.1, 0.15) is 16.8 Å². The molecule has 0 bridgehead atoms. The summed E-state index contributed by atoms with van der Waals surface area (Å²) in [5.74, 6) is -0.00214. The number of hydrogen-bond acceptors (Lipinski definition) is 6. The number of carbonyl (C=O) groups excluding carboxylic acids is 1. The molecule has 7 nitrogen and oxygen atoms in total. The highest BCUT2D eigenvalue weighted by molar-refractivity contribution is 7.92. The van der Waals surface area contributed by atoms with E-state index >= 15 is 0 Å². The molecule has 0 unspecified atom stereocenters. The van der Waals surface area contributed by atoms with Crippen LogP contribution in [0.5, 0.6) is 5.75 Å². The van der Waals surface area contributed by atoms with E-state index in [-0.39, 0.29) is 15.5 Å². The van der Waals surface area contributed by atoms with Gasteiger partial charge >= 0.3 is 0 Å². The summed E-state index contributed by atoms with van der Waals surface area (Å²) in [6.45, 7) is 3.65. The van der Waals surface area contributed by atoms with Gasteiger partial charge in [-0.1, -0.05) is 11.6 Å². The Morgan fingerprint density at radius 1 is 1.19 bits per heavy atom. The lowest BCUT2D eigenvalue weighted by molar-refractivity contribution is 0.102. The summed E-state index contributed by atoms with van der Waals surface area (Å²) in [6.07, 6.45) is 0. The quantitative estimate of drug-likeness (QED) is 0.526. The van der Waals surface area contributed by atoms with E-state index in [2.05, 4.69) is 11.4 Å². The van der Waals surface area contributed by atoms with Gasteiger partial charge in [0.05, 0.1) is 33.8 Å². The number of hydrogen-bond donors (Lipinski definition) is 1. The maximum absolute atomic E-state index is 13.2. The maximum Gasteiger partial charge on any atom is 0.264 e. The molecular weight excluding hydrogens is 470 g/mol. The second-order valence-electron chi connectivity index (χ2n) is 6.87. The van der Waals surface area contributed by atoms with Crippen LogP contribution in [0.4, 0.5) is 10.7 Å². The Morgan fingerprint density at radius 3 is 2.44 bits per heavy atom. The Balaban J connectivity index is 1.94. The number of benzene rings is 2. The fraction of sp³-hybridized carbons (Fsp3) is 0.182. The minimum Gasteiger partial charge on any atom is -0.497 e. The van der Waals surface area contributed by atoms with Gasteiger partial charge in [-0.25, -0.2) is 8.42 Å². The van der Waals surface area contributed by atoms with Crippen molar-refractivity contribution in [2.45, 2.75) is 18.7 Å². The standard InChI is InChI=1S/C22H20ClN3O4S2/c1-13-14(2)31-22(19(13)12-24)25-21(27)18-11-17(9-10-20(18)23)32(28,29)26(3)15-5-7-16(30-4)8-6-15/h5-11H,1-4H3,(H,25,27). The molecule has 0 saturated carbocycles. The number of amides is 1. The normalized spacial score (nSPS) is 11.0. The zero-order chi connectivity index (χ0) is 23.6. The molecule has 2 aromatic carbocycles. The van der Waals surface area contributed by atoms with Crippen molar-refractivity contribution in [2.75, 3.05) is 23.8 Å².